The van der Waals surface area contributed by atoms with Crippen molar-refractivity contribution in [1.82, 2.24) is 19.7 Å². The Morgan fingerprint density at radius 2 is 1.82 bits per heavy atom. The largest absolute Gasteiger partial charge is 0.506 e. The van der Waals surface area contributed by atoms with Gasteiger partial charge in [0.2, 0.25) is 0 Å². The number of aliphatic hydroxyl groups excluding tert-OH is 1. The van der Waals surface area contributed by atoms with Crippen LogP contribution < -0.4 is 4.87 Å². The number of hydrogen-bond donors (Lipinski definition) is 3. The van der Waals surface area contributed by atoms with E-state index in [1.807, 2.05) is 6.07 Å². The minimum atomic E-state index is -4.94. The summed E-state index contributed by atoms with van der Waals surface area (Å²) in [5.41, 5.74) is 0.112. The van der Waals surface area contributed by atoms with Crippen molar-refractivity contribution in [3.05, 3.63) is 62.5 Å². The smallest absolute Gasteiger partial charge is 0.471 e. The Morgan fingerprint density at radius 3 is 2.49 bits per heavy atom. The van der Waals surface area contributed by atoms with Crippen LogP contribution >= 0.6 is 11.3 Å². The number of carbonyl (C=O) groups excluding carboxylic acids is 2. The van der Waals surface area contributed by atoms with Crippen LogP contribution in [0.25, 0.3) is 10.2 Å². The van der Waals surface area contributed by atoms with Crippen LogP contribution in [-0.2, 0) is 27.2 Å². The number of fused-ring (bicyclic) bond motifs is 1. The van der Waals surface area contributed by atoms with Gasteiger partial charge >= 0.3 is 23.0 Å². The lowest BCUT2D eigenvalue weighted by atomic mass is 9.89. The number of nitrogens with zero attached hydrogens (tertiary/aromatic N) is 3. The van der Waals surface area contributed by atoms with Crippen molar-refractivity contribution in [3.63, 3.8) is 0 Å². The number of phenolic OH excluding ortho intramolecular Hbond substituents is 1. The van der Waals surface area contributed by atoms with Gasteiger partial charge in [0.05, 0.1) is 36.1 Å². The van der Waals surface area contributed by atoms with Crippen LogP contribution in [0.3, 0.4) is 0 Å². The Kier molecular flexibility index (Phi) is 10.6. The summed E-state index contributed by atoms with van der Waals surface area (Å²) in [5, 5.41) is 21.3. The third-order valence-electron chi connectivity index (χ3n) is 8.63. The minimum Gasteiger partial charge on any atom is -0.506 e. The van der Waals surface area contributed by atoms with Crippen molar-refractivity contribution in [2.75, 3.05) is 45.9 Å². The van der Waals surface area contributed by atoms with Crippen molar-refractivity contribution in [2.45, 2.75) is 70.1 Å². The van der Waals surface area contributed by atoms with E-state index in [-0.39, 0.29) is 50.5 Å². The van der Waals surface area contributed by atoms with E-state index in [1.54, 1.807) is 20.8 Å². The third-order valence-corrected chi connectivity index (χ3v) is 9.56. The molecule has 1 spiro atoms. The first kappa shape index (κ1) is 36.5. The molecule has 11 nitrogen and oxygen atoms in total. The number of thiazole rings is 1. The zero-order chi connectivity index (χ0) is 35.7. The lowest BCUT2D eigenvalue weighted by Gasteiger charge is -2.47. The highest BCUT2D eigenvalue weighted by atomic mass is 32.1. The molecule has 3 aromatic rings. The van der Waals surface area contributed by atoms with Crippen molar-refractivity contribution < 1.29 is 46.8 Å². The normalized spacial score (nSPS) is 17.8. The summed E-state index contributed by atoms with van der Waals surface area (Å²) in [6.07, 6.45) is -5.82. The van der Waals surface area contributed by atoms with Gasteiger partial charge in [-0.05, 0) is 69.4 Å². The number of alkyl halides is 3. The number of ether oxygens (including phenoxy) is 2. The number of morpholine rings is 1. The molecule has 2 aromatic carbocycles. The van der Waals surface area contributed by atoms with Gasteiger partial charge in [-0.2, -0.15) is 13.2 Å². The molecule has 2 aliphatic rings. The number of aromatic amines is 1. The predicted octanol–water partition coefficient (Wildman–Crippen LogP) is 4.70. The monoisotopic (exact) mass is 712 g/mol. The van der Waals surface area contributed by atoms with Crippen LogP contribution in [0.2, 0.25) is 0 Å². The van der Waals surface area contributed by atoms with Crippen LogP contribution in [-0.4, -0.2) is 105 Å². The highest BCUT2D eigenvalue weighted by Gasteiger charge is 2.48. The molecule has 1 unspecified atom stereocenters. The van der Waals surface area contributed by atoms with Crippen LogP contribution in [0.15, 0.2) is 35.1 Å². The average molecular weight is 713 g/mol. The van der Waals surface area contributed by atoms with E-state index in [0.717, 1.165) is 16.2 Å². The molecule has 5 rings (SSSR count). The number of benzene rings is 2. The number of phenols is 1. The SMILES string of the molecule is CC(C)(C)OC(=O)N(CCc1cc(F)cc(CN2CCC3(CC2)CN(C(=O)C(F)(F)F)CCO3)c1)CC(O)c1ccc(O)c2[nH]c(=O)sc12. The highest BCUT2D eigenvalue weighted by Crippen LogP contribution is 2.34. The van der Waals surface area contributed by atoms with Crippen LogP contribution in [0.1, 0.15) is 56.4 Å². The Bertz CT molecular complexity index is 1730. The molecule has 1 aromatic heterocycles. The van der Waals surface area contributed by atoms with E-state index in [9.17, 15) is 42.2 Å². The third kappa shape index (κ3) is 9.09. The minimum absolute atomic E-state index is 0.0272. The summed E-state index contributed by atoms with van der Waals surface area (Å²) in [6.45, 7) is 6.10. The fourth-order valence-corrected chi connectivity index (χ4v) is 7.20. The number of piperidine rings is 1. The molecule has 0 bridgehead atoms. The summed E-state index contributed by atoms with van der Waals surface area (Å²) in [4.78, 5) is 43.3. The van der Waals surface area contributed by atoms with E-state index < -0.39 is 46.2 Å². The van der Waals surface area contributed by atoms with Crippen molar-refractivity contribution >= 4 is 33.6 Å². The number of halogens is 4. The maximum Gasteiger partial charge on any atom is 0.471 e. The number of aliphatic hydroxyl groups is 1. The molecule has 0 saturated carbocycles. The zero-order valence-corrected chi connectivity index (χ0v) is 28.3. The number of hydrogen-bond acceptors (Lipinski definition) is 9. The van der Waals surface area contributed by atoms with Gasteiger partial charge in [0.25, 0.3) is 0 Å². The Morgan fingerprint density at radius 1 is 1.12 bits per heavy atom. The molecule has 3 heterocycles. The van der Waals surface area contributed by atoms with Gasteiger partial charge in [-0.25, -0.2) is 9.18 Å². The molecule has 2 fully saturated rings. The second kappa shape index (κ2) is 14.2. The van der Waals surface area contributed by atoms with Gasteiger partial charge < -0.3 is 34.5 Å². The Hall–Kier alpha value is -3.73. The highest BCUT2D eigenvalue weighted by molar-refractivity contribution is 7.16. The number of aromatic nitrogens is 1. The molecular formula is C33H40F4N4O7S. The van der Waals surface area contributed by atoms with Gasteiger partial charge in [0.15, 0.2) is 0 Å². The number of aromatic hydroxyl groups is 1. The van der Waals surface area contributed by atoms with Gasteiger partial charge in [0, 0.05) is 38.3 Å². The van der Waals surface area contributed by atoms with E-state index in [1.165, 1.54) is 29.2 Å². The molecule has 0 radical (unpaired) electrons. The number of rotatable bonds is 8. The first-order valence-corrected chi connectivity index (χ1v) is 16.7. The maximum atomic E-state index is 14.8. The van der Waals surface area contributed by atoms with E-state index in [0.29, 0.717) is 53.9 Å². The van der Waals surface area contributed by atoms with E-state index in [4.69, 9.17) is 9.47 Å². The molecule has 2 amide bonds. The van der Waals surface area contributed by atoms with Crippen molar-refractivity contribution in [2.24, 2.45) is 0 Å². The summed E-state index contributed by atoms with van der Waals surface area (Å²) in [5.74, 6) is -2.48. The topological polar surface area (TPSA) is 136 Å². The second-order valence-corrected chi connectivity index (χ2v) is 14.6. The van der Waals surface area contributed by atoms with Crippen LogP contribution in [0.5, 0.6) is 5.75 Å². The number of carbonyl (C=O) groups is 2. The Labute approximate surface area is 284 Å². The lowest BCUT2D eigenvalue weighted by molar-refractivity contribution is -0.200. The summed E-state index contributed by atoms with van der Waals surface area (Å²) >= 11 is 0.828. The lowest BCUT2D eigenvalue weighted by Crippen LogP contribution is -2.59. The van der Waals surface area contributed by atoms with E-state index in [2.05, 4.69) is 9.88 Å². The summed E-state index contributed by atoms with van der Waals surface area (Å²) < 4.78 is 65.8. The summed E-state index contributed by atoms with van der Waals surface area (Å²) in [6, 6.07) is 7.42. The second-order valence-electron chi connectivity index (χ2n) is 13.6. The molecular weight excluding hydrogens is 672 g/mol. The quantitative estimate of drug-likeness (QED) is 0.286. The number of likely N-dealkylation sites (tertiary alicyclic amines) is 1. The Balaban J connectivity index is 1.24. The first-order chi connectivity index (χ1) is 22.9. The fraction of sp³-hybridized carbons (Fsp3) is 0.545. The van der Waals surface area contributed by atoms with Gasteiger partial charge in [0.1, 0.15) is 22.7 Å². The molecule has 268 valence electrons. The molecule has 16 heteroatoms. The van der Waals surface area contributed by atoms with Crippen molar-refractivity contribution in [1.29, 1.82) is 0 Å². The van der Waals surface area contributed by atoms with Gasteiger partial charge in [-0.15, -0.1) is 0 Å². The van der Waals surface area contributed by atoms with Crippen molar-refractivity contribution in [3.8, 4) is 5.75 Å². The van der Waals surface area contributed by atoms with Crippen LogP contribution in [0.4, 0.5) is 22.4 Å². The molecule has 2 aliphatic heterocycles. The molecule has 3 N–H and O–H groups in total. The number of H-pyrrole nitrogens is 1. The predicted molar refractivity (Wildman–Crippen MR) is 173 cm³/mol. The fourth-order valence-electron chi connectivity index (χ4n) is 6.29. The molecule has 49 heavy (non-hydrogen) atoms. The average Bonchev–Trinajstić information content (AvgIpc) is 3.41. The standard InChI is InChI=1S/C33H40F4N4O7S/c1-31(2,3)48-30(46)40(18-25(43)23-4-5-24(42)26-27(23)49-29(45)38-26)9-6-20-14-21(16-22(34)15-20)17-39-10-7-32(8-11-39)19-41(12-13-47-32)28(44)33(35,36)37/h4-5,14-16,25,42-43H,6-13,17-19H2,1-3H3,(H,38,45). The van der Waals surface area contributed by atoms with Gasteiger partial charge in [-0.1, -0.05) is 23.5 Å². The zero-order valence-electron chi connectivity index (χ0n) is 27.4. The molecule has 0 aliphatic carbocycles. The summed E-state index contributed by atoms with van der Waals surface area (Å²) in [7, 11) is 0. The molecule has 2 saturated heterocycles. The number of amides is 2. The maximum absolute atomic E-state index is 14.8. The van der Waals surface area contributed by atoms with Crippen LogP contribution in [0, 0.1) is 5.82 Å². The molecule has 1 atom stereocenters. The first-order valence-electron chi connectivity index (χ1n) is 15.9. The van der Waals surface area contributed by atoms with Gasteiger partial charge in [-0.3, -0.25) is 14.5 Å². The van der Waals surface area contributed by atoms with E-state index >= 15 is 0 Å². The number of nitrogens with one attached hydrogen (secondary N) is 1.